The molecule has 1 saturated heterocycles. The number of piperazine rings is 1. The largest absolute Gasteiger partial charge is 0.497 e. The number of rotatable bonds is 4. The molecule has 0 bridgehead atoms. The molecular formula is C19H22FN3O2S. The van der Waals surface area contributed by atoms with E-state index in [9.17, 15) is 4.39 Å². The molecule has 3 rings (SSSR count). The number of nitrogens with one attached hydrogen (secondary N) is 1. The Labute approximate surface area is 158 Å². The minimum absolute atomic E-state index is 0.216. The molecule has 0 spiro atoms. The van der Waals surface area contributed by atoms with Gasteiger partial charge in [0, 0.05) is 37.9 Å². The summed E-state index contributed by atoms with van der Waals surface area (Å²) in [7, 11) is 3.23. The molecule has 1 aliphatic rings. The molecule has 2 aromatic rings. The second-order valence-electron chi connectivity index (χ2n) is 5.95. The molecule has 2 aromatic carbocycles. The van der Waals surface area contributed by atoms with Crippen molar-refractivity contribution >= 4 is 28.7 Å². The molecule has 0 atom stereocenters. The third-order valence-electron chi connectivity index (χ3n) is 4.41. The van der Waals surface area contributed by atoms with E-state index in [4.69, 9.17) is 21.7 Å². The van der Waals surface area contributed by atoms with Crippen LogP contribution in [0.3, 0.4) is 0 Å². The van der Waals surface area contributed by atoms with Gasteiger partial charge >= 0.3 is 0 Å². The van der Waals surface area contributed by atoms with Crippen LogP contribution in [0.25, 0.3) is 0 Å². The molecule has 0 unspecified atom stereocenters. The molecule has 138 valence electrons. The molecule has 0 amide bonds. The summed E-state index contributed by atoms with van der Waals surface area (Å²) >= 11 is 5.56. The quantitative estimate of drug-likeness (QED) is 0.826. The van der Waals surface area contributed by atoms with Crippen molar-refractivity contribution in [1.82, 2.24) is 4.90 Å². The maximum Gasteiger partial charge on any atom is 0.173 e. The third-order valence-corrected chi connectivity index (χ3v) is 4.77. The van der Waals surface area contributed by atoms with Gasteiger partial charge in [0.2, 0.25) is 0 Å². The minimum atomic E-state index is -0.216. The molecule has 1 fully saturated rings. The summed E-state index contributed by atoms with van der Waals surface area (Å²) in [5.41, 5.74) is 1.83. The maximum atomic E-state index is 13.1. The van der Waals surface area contributed by atoms with Crippen LogP contribution in [-0.2, 0) is 0 Å². The van der Waals surface area contributed by atoms with Gasteiger partial charge in [0.05, 0.1) is 19.9 Å². The SMILES string of the molecule is COc1ccc(NC(=S)N2CCN(c3ccc(F)cc3)CC2)c(OC)c1. The highest BCUT2D eigenvalue weighted by Gasteiger charge is 2.20. The monoisotopic (exact) mass is 375 g/mol. The molecule has 1 aliphatic heterocycles. The summed E-state index contributed by atoms with van der Waals surface area (Å²) in [6, 6.07) is 12.2. The topological polar surface area (TPSA) is 37.0 Å². The van der Waals surface area contributed by atoms with Crippen molar-refractivity contribution in [2.75, 3.05) is 50.6 Å². The van der Waals surface area contributed by atoms with Gasteiger partial charge in [-0.05, 0) is 48.6 Å². The molecule has 7 heteroatoms. The van der Waals surface area contributed by atoms with Gasteiger partial charge in [-0.15, -0.1) is 0 Å². The van der Waals surface area contributed by atoms with Crippen molar-refractivity contribution < 1.29 is 13.9 Å². The fourth-order valence-corrected chi connectivity index (χ4v) is 3.21. The maximum absolute atomic E-state index is 13.1. The number of anilines is 2. The van der Waals surface area contributed by atoms with E-state index in [0.29, 0.717) is 10.9 Å². The van der Waals surface area contributed by atoms with E-state index in [1.807, 2.05) is 30.3 Å². The molecule has 5 nitrogen and oxygen atoms in total. The van der Waals surface area contributed by atoms with Gasteiger partial charge in [-0.25, -0.2) is 4.39 Å². The average Bonchev–Trinajstić information content (AvgIpc) is 2.69. The highest BCUT2D eigenvalue weighted by Crippen LogP contribution is 2.29. The van der Waals surface area contributed by atoms with Crippen molar-refractivity contribution in [3.63, 3.8) is 0 Å². The average molecular weight is 375 g/mol. The molecule has 26 heavy (non-hydrogen) atoms. The normalized spacial score (nSPS) is 14.1. The first-order chi connectivity index (χ1) is 12.6. The van der Waals surface area contributed by atoms with Gasteiger partial charge in [-0.2, -0.15) is 0 Å². The van der Waals surface area contributed by atoms with E-state index in [2.05, 4.69) is 15.1 Å². The molecule has 1 heterocycles. The standard InChI is InChI=1S/C19H22FN3O2S/c1-24-16-7-8-17(18(13-16)25-2)21-19(26)23-11-9-22(10-12-23)15-5-3-14(20)4-6-15/h3-8,13H,9-12H2,1-2H3,(H,21,26). The Bertz CT molecular complexity index is 762. The van der Waals surface area contributed by atoms with E-state index in [1.54, 1.807) is 14.2 Å². The number of halogens is 1. The first kappa shape index (κ1) is 18.3. The van der Waals surface area contributed by atoms with E-state index in [0.717, 1.165) is 43.3 Å². The third kappa shape index (κ3) is 4.16. The van der Waals surface area contributed by atoms with E-state index in [1.165, 1.54) is 12.1 Å². The van der Waals surface area contributed by atoms with Gasteiger partial charge < -0.3 is 24.6 Å². The molecule has 0 aromatic heterocycles. The van der Waals surface area contributed by atoms with Crippen LogP contribution in [0.2, 0.25) is 0 Å². The van der Waals surface area contributed by atoms with Gasteiger partial charge in [-0.1, -0.05) is 0 Å². The van der Waals surface area contributed by atoms with Crippen molar-refractivity contribution in [2.45, 2.75) is 0 Å². The molecular weight excluding hydrogens is 353 g/mol. The van der Waals surface area contributed by atoms with Gasteiger partial charge in [0.1, 0.15) is 17.3 Å². The summed E-state index contributed by atoms with van der Waals surface area (Å²) in [4.78, 5) is 4.35. The summed E-state index contributed by atoms with van der Waals surface area (Å²) in [5, 5.41) is 3.91. The van der Waals surface area contributed by atoms with E-state index >= 15 is 0 Å². The number of hydrogen-bond acceptors (Lipinski definition) is 4. The zero-order chi connectivity index (χ0) is 18.5. The summed E-state index contributed by atoms with van der Waals surface area (Å²) in [6.45, 7) is 3.24. The van der Waals surface area contributed by atoms with Gasteiger partial charge in [-0.3, -0.25) is 0 Å². The molecule has 1 N–H and O–H groups in total. The van der Waals surface area contributed by atoms with Crippen molar-refractivity contribution in [3.05, 3.63) is 48.3 Å². The lowest BCUT2D eigenvalue weighted by Crippen LogP contribution is -2.50. The summed E-state index contributed by atoms with van der Waals surface area (Å²) in [6.07, 6.45) is 0. The lowest BCUT2D eigenvalue weighted by atomic mass is 10.2. The summed E-state index contributed by atoms with van der Waals surface area (Å²) in [5.74, 6) is 1.19. The minimum Gasteiger partial charge on any atom is -0.497 e. The molecule has 0 saturated carbocycles. The first-order valence-electron chi connectivity index (χ1n) is 8.39. The lowest BCUT2D eigenvalue weighted by molar-refractivity contribution is 0.388. The lowest BCUT2D eigenvalue weighted by Gasteiger charge is -2.37. The van der Waals surface area contributed by atoms with E-state index in [-0.39, 0.29) is 5.82 Å². The van der Waals surface area contributed by atoms with Crippen molar-refractivity contribution in [1.29, 1.82) is 0 Å². The highest BCUT2D eigenvalue weighted by molar-refractivity contribution is 7.80. The Morgan fingerprint density at radius 3 is 2.31 bits per heavy atom. The van der Waals surface area contributed by atoms with Crippen LogP contribution in [0, 0.1) is 5.82 Å². The van der Waals surface area contributed by atoms with Gasteiger partial charge in [0.25, 0.3) is 0 Å². The van der Waals surface area contributed by atoms with Crippen LogP contribution in [0.15, 0.2) is 42.5 Å². The van der Waals surface area contributed by atoms with Gasteiger partial charge in [0.15, 0.2) is 5.11 Å². The van der Waals surface area contributed by atoms with Crippen LogP contribution in [0.1, 0.15) is 0 Å². The Balaban J connectivity index is 1.59. The zero-order valence-corrected chi connectivity index (χ0v) is 15.7. The number of nitrogens with zero attached hydrogens (tertiary/aromatic N) is 2. The zero-order valence-electron chi connectivity index (χ0n) is 14.9. The smallest absolute Gasteiger partial charge is 0.173 e. The second kappa shape index (κ2) is 8.23. The number of methoxy groups -OCH3 is 2. The highest BCUT2D eigenvalue weighted by atomic mass is 32.1. The van der Waals surface area contributed by atoms with Crippen molar-refractivity contribution in [2.24, 2.45) is 0 Å². The van der Waals surface area contributed by atoms with E-state index < -0.39 is 0 Å². The van der Waals surface area contributed by atoms with Crippen molar-refractivity contribution in [3.8, 4) is 11.5 Å². The van der Waals surface area contributed by atoms with Crippen LogP contribution in [-0.4, -0.2) is 50.4 Å². The number of benzene rings is 2. The summed E-state index contributed by atoms with van der Waals surface area (Å²) < 4.78 is 23.7. The second-order valence-corrected chi connectivity index (χ2v) is 6.33. The van der Waals surface area contributed by atoms with Crippen LogP contribution in [0.5, 0.6) is 11.5 Å². The number of ether oxygens (including phenoxy) is 2. The molecule has 0 radical (unpaired) electrons. The van der Waals surface area contributed by atoms with Crippen LogP contribution >= 0.6 is 12.2 Å². The van der Waals surface area contributed by atoms with Crippen LogP contribution in [0.4, 0.5) is 15.8 Å². The Morgan fingerprint density at radius 1 is 1.00 bits per heavy atom. The molecule has 0 aliphatic carbocycles. The number of thiocarbonyl (C=S) groups is 1. The fourth-order valence-electron chi connectivity index (χ4n) is 2.92. The Kier molecular flexibility index (Phi) is 5.78. The first-order valence-corrected chi connectivity index (χ1v) is 8.80. The number of hydrogen-bond donors (Lipinski definition) is 1. The Morgan fingerprint density at radius 2 is 1.69 bits per heavy atom. The predicted octanol–water partition coefficient (Wildman–Crippen LogP) is 3.36. The fraction of sp³-hybridized carbons (Fsp3) is 0.316. The Hall–Kier alpha value is -2.54. The predicted molar refractivity (Wildman–Crippen MR) is 106 cm³/mol. The van der Waals surface area contributed by atoms with Crippen LogP contribution < -0.4 is 19.7 Å².